The van der Waals surface area contributed by atoms with E-state index in [-0.39, 0.29) is 30.5 Å². The first-order valence-electron chi connectivity index (χ1n) is 9.22. The molecule has 0 atom stereocenters. The predicted molar refractivity (Wildman–Crippen MR) is 112 cm³/mol. The number of aromatic nitrogens is 1. The molecule has 2 heterocycles. The lowest BCUT2D eigenvalue weighted by molar-refractivity contribution is 0.0770. The summed E-state index contributed by atoms with van der Waals surface area (Å²) in [5.74, 6) is 0.563. The number of aryl methyl sites for hydroxylation is 1. The average molecular weight is 403 g/mol. The third-order valence-electron chi connectivity index (χ3n) is 4.94. The Bertz CT molecular complexity index is 942. The Balaban J connectivity index is 1.60. The number of carbonyl (C=O) groups is 1. The second-order valence-electron chi connectivity index (χ2n) is 7.23. The van der Waals surface area contributed by atoms with Crippen LogP contribution in [0, 0.1) is 6.92 Å². The smallest absolute Gasteiger partial charge is 0.255 e. The van der Waals surface area contributed by atoms with E-state index in [9.17, 15) is 13.2 Å². The first-order valence-corrected chi connectivity index (χ1v) is 11.0. The van der Waals surface area contributed by atoms with Gasteiger partial charge in [0.15, 0.2) is 9.84 Å². The first kappa shape index (κ1) is 20.1. The lowest BCUT2D eigenvalue weighted by atomic mass is 10.1. The number of rotatable bonds is 5. The molecule has 0 unspecified atom stereocenters. The number of carbonyl (C=O) groups excluding carboxylic acids is 1. The highest BCUT2D eigenvalue weighted by Crippen LogP contribution is 2.18. The zero-order valence-corrected chi connectivity index (χ0v) is 17.3. The SMILES string of the molecule is Cc1cc(N(C)C)ccc1CNc1ccc(C(=O)N2CCS(=O)(=O)CC2)cn1. The maximum absolute atomic E-state index is 12.5. The number of anilines is 2. The topological polar surface area (TPSA) is 82.6 Å². The van der Waals surface area contributed by atoms with Crippen LogP contribution in [0.5, 0.6) is 0 Å². The van der Waals surface area contributed by atoms with Gasteiger partial charge in [0.2, 0.25) is 0 Å². The molecular formula is C20H26N4O3S. The van der Waals surface area contributed by atoms with Crippen molar-refractivity contribution in [2.45, 2.75) is 13.5 Å². The van der Waals surface area contributed by atoms with Crippen LogP contribution < -0.4 is 10.2 Å². The fraction of sp³-hybridized carbons (Fsp3) is 0.400. The van der Waals surface area contributed by atoms with Gasteiger partial charge in [-0.15, -0.1) is 0 Å². The normalized spacial score (nSPS) is 15.9. The predicted octanol–water partition coefficient (Wildman–Crippen LogP) is 1.94. The van der Waals surface area contributed by atoms with Gasteiger partial charge in [0.05, 0.1) is 17.1 Å². The number of hydrogen-bond donors (Lipinski definition) is 1. The number of hydrogen-bond acceptors (Lipinski definition) is 6. The van der Waals surface area contributed by atoms with E-state index in [1.54, 1.807) is 17.0 Å². The van der Waals surface area contributed by atoms with E-state index in [0.717, 1.165) is 5.69 Å². The van der Waals surface area contributed by atoms with Gasteiger partial charge >= 0.3 is 0 Å². The minimum atomic E-state index is -3.01. The lowest BCUT2D eigenvalue weighted by Gasteiger charge is -2.26. The average Bonchev–Trinajstić information content (AvgIpc) is 2.67. The largest absolute Gasteiger partial charge is 0.378 e. The van der Waals surface area contributed by atoms with E-state index < -0.39 is 9.84 Å². The van der Waals surface area contributed by atoms with Gasteiger partial charge < -0.3 is 15.1 Å². The van der Waals surface area contributed by atoms with Gasteiger partial charge in [-0.2, -0.15) is 0 Å². The molecule has 1 amide bonds. The highest BCUT2D eigenvalue weighted by Gasteiger charge is 2.25. The quantitative estimate of drug-likeness (QED) is 0.823. The van der Waals surface area contributed by atoms with E-state index in [2.05, 4.69) is 40.3 Å². The second-order valence-corrected chi connectivity index (χ2v) is 9.54. The molecule has 2 aromatic rings. The van der Waals surface area contributed by atoms with Crippen molar-refractivity contribution >= 4 is 27.2 Å². The number of benzene rings is 1. The molecule has 7 nitrogen and oxygen atoms in total. The van der Waals surface area contributed by atoms with Gasteiger partial charge in [-0.05, 0) is 42.3 Å². The summed E-state index contributed by atoms with van der Waals surface area (Å²) in [7, 11) is 1.03. The Hall–Kier alpha value is -2.61. The zero-order chi connectivity index (χ0) is 20.3. The Labute approximate surface area is 166 Å². The molecule has 1 aliphatic rings. The standard InChI is InChI=1S/C20H26N4O3S/c1-15-12-18(23(2)3)6-4-16(15)13-21-19-7-5-17(14-22-19)20(25)24-8-10-28(26,27)11-9-24/h4-7,12,14H,8-11,13H2,1-3H3,(H,21,22). The van der Waals surface area contributed by atoms with Gasteiger partial charge in [0, 0.05) is 45.6 Å². The summed E-state index contributed by atoms with van der Waals surface area (Å²) in [5.41, 5.74) is 4.01. The molecule has 1 aromatic heterocycles. The summed E-state index contributed by atoms with van der Waals surface area (Å²) in [5, 5.41) is 3.28. The number of nitrogens with one attached hydrogen (secondary N) is 1. The van der Waals surface area contributed by atoms with Crippen molar-refractivity contribution in [3.8, 4) is 0 Å². The summed E-state index contributed by atoms with van der Waals surface area (Å²) in [6.07, 6.45) is 1.54. The third kappa shape index (κ3) is 4.81. The highest BCUT2D eigenvalue weighted by molar-refractivity contribution is 7.91. The molecule has 28 heavy (non-hydrogen) atoms. The van der Waals surface area contributed by atoms with Crippen LogP contribution in [0.15, 0.2) is 36.5 Å². The minimum absolute atomic E-state index is 0.0256. The van der Waals surface area contributed by atoms with Crippen molar-refractivity contribution in [1.82, 2.24) is 9.88 Å². The Kier molecular flexibility index (Phi) is 5.88. The van der Waals surface area contributed by atoms with E-state index in [4.69, 9.17) is 0 Å². The molecule has 0 radical (unpaired) electrons. The van der Waals surface area contributed by atoms with Crippen LogP contribution in [-0.2, 0) is 16.4 Å². The summed E-state index contributed by atoms with van der Waals surface area (Å²) < 4.78 is 23.0. The molecular weight excluding hydrogens is 376 g/mol. The molecule has 1 saturated heterocycles. The number of sulfone groups is 1. The summed E-state index contributed by atoms with van der Waals surface area (Å²) in [6, 6.07) is 9.82. The van der Waals surface area contributed by atoms with Gasteiger partial charge in [-0.1, -0.05) is 6.07 Å². The van der Waals surface area contributed by atoms with Crippen LogP contribution in [0.2, 0.25) is 0 Å². The summed E-state index contributed by atoms with van der Waals surface area (Å²) in [6.45, 7) is 3.20. The van der Waals surface area contributed by atoms with Gasteiger partial charge in [-0.3, -0.25) is 4.79 Å². The molecule has 0 bridgehead atoms. The third-order valence-corrected chi connectivity index (χ3v) is 6.55. The van der Waals surface area contributed by atoms with Crippen LogP contribution in [0.1, 0.15) is 21.5 Å². The van der Waals surface area contributed by atoms with Gasteiger partial charge in [0.1, 0.15) is 5.82 Å². The van der Waals surface area contributed by atoms with Crippen molar-refractivity contribution in [1.29, 1.82) is 0 Å². The van der Waals surface area contributed by atoms with Crippen molar-refractivity contribution < 1.29 is 13.2 Å². The molecule has 0 spiro atoms. The first-order chi connectivity index (χ1) is 13.2. The maximum Gasteiger partial charge on any atom is 0.255 e. The second kappa shape index (κ2) is 8.18. The Morgan fingerprint density at radius 1 is 1.18 bits per heavy atom. The summed E-state index contributed by atoms with van der Waals surface area (Å²) >= 11 is 0. The minimum Gasteiger partial charge on any atom is -0.378 e. The fourth-order valence-corrected chi connectivity index (χ4v) is 4.27. The van der Waals surface area contributed by atoms with Gasteiger partial charge in [0.25, 0.3) is 5.91 Å². The van der Waals surface area contributed by atoms with E-state index >= 15 is 0 Å². The highest BCUT2D eigenvalue weighted by atomic mass is 32.2. The monoisotopic (exact) mass is 402 g/mol. The molecule has 0 aliphatic carbocycles. The number of amides is 1. The Morgan fingerprint density at radius 3 is 2.46 bits per heavy atom. The maximum atomic E-state index is 12.5. The van der Waals surface area contributed by atoms with Crippen molar-refractivity contribution in [2.24, 2.45) is 0 Å². The van der Waals surface area contributed by atoms with Crippen LogP contribution in [0.4, 0.5) is 11.5 Å². The van der Waals surface area contributed by atoms with E-state index in [1.807, 2.05) is 14.1 Å². The molecule has 1 fully saturated rings. The molecule has 0 saturated carbocycles. The van der Waals surface area contributed by atoms with Crippen LogP contribution in [0.3, 0.4) is 0 Å². The molecule has 1 N–H and O–H groups in total. The van der Waals surface area contributed by atoms with E-state index in [1.165, 1.54) is 17.3 Å². The fourth-order valence-electron chi connectivity index (χ4n) is 3.07. The Morgan fingerprint density at radius 2 is 1.89 bits per heavy atom. The summed E-state index contributed by atoms with van der Waals surface area (Å²) in [4.78, 5) is 20.5. The molecule has 1 aliphatic heterocycles. The van der Waals surface area contributed by atoms with Crippen molar-refractivity contribution in [3.05, 3.63) is 53.2 Å². The number of pyridine rings is 1. The molecule has 1 aromatic carbocycles. The molecule has 3 rings (SSSR count). The molecule has 150 valence electrons. The zero-order valence-electron chi connectivity index (χ0n) is 16.5. The lowest BCUT2D eigenvalue weighted by Crippen LogP contribution is -2.43. The van der Waals surface area contributed by atoms with Crippen LogP contribution in [0.25, 0.3) is 0 Å². The van der Waals surface area contributed by atoms with Crippen molar-refractivity contribution in [3.63, 3.8) is 0 Å². The molecule has 8 heteroatoms. The van der Waals surface area contributed by atoms with Crippen LogP contribution in [-0.4, -0.2) is 62.9 Å². The van der Waals surface area contributed by atoms with Crippen LogP contribution >= 0.6 is 0 Å². The van der Waals surface area contributed by atoms with Crippen molar-refractivity contribution in [2.75, 3.05) is 48.9 Å². The van der Waals surface area contributed by atoms with Gasteiger partial charge in [-0.25, -0.2) is 13.4 Å². The van der Waals surface area contributed by atoms with E-state index in [0.29, 0.717) is 17.9 Å². The number of nitrogens with zero attached hydrogens (tertiary/aromatic N) is 3.